The van der Waals surface area contributed by atoms with Gasteiger partial charge in [0.15, 0.2) is 0 Å². The van der Waals surface area contributed by atoms with E-state index in [1.54, 1.807) is 32.2 Å². The molecule has 4 nitrogen and oxygen atoms in total. The summed E-state index contributed by atoms with van der Waals surface area (Å²) in [5, 5.41) is 0. The minimum absolute atomic E-state index is 0.307. The van der Waals surface area contributed by atoms with Crippen LogP contribution in [0.4, 0.5) is 5.69 Å². The zero-order valence-electron chi connectivity index (χ0n) is 12.0. The quantitative estimate of drug-likeness (QED) is 0.675. The molecule has 2 aromatic rings. The molecular formula is C16H17NO3S. The van der Waals surface area contributed by atoms with Crippen molar-refractivity contribution in [2.24, 2.45) is 0 Å². The van der Waals surface area contributed by atoms with Crippen molar-refractivity contribution in [1.82, 2.24) is 0 Å². The Morgan fingerprint density at radius 2 is 1.90 bits per heavy atom. The van der Waals surface area contributed by atoms with Crippen molar-refractivity contribution in [3.05, 3.63) is 48.0 Å². The third-order valence-corrected chi connectivity index (χ3v) is 3.91. The van der Waals surface area contributed by atoms with E-state index in [1.165, 1.54) is 11.8 Å². The Labute approximate surface area is 128 Å². The summed E-state index contributed by atoms with van der Waals surface area (Å²) < 4.78 is 10.1. The highest BCUT2D eigenvalue weighted by atomic mass is 32.2. The maximum Gasteiger partial charge on any atom is 0.338 e. The molecule has 0 aliphatic heterocycles. The number of anilines is 1. The summed E-state index contributed by atoms with van der Waals surface area (Å²) in [7, 11) is 1.61. The lowest BCUT2D eigenvalue weighted by Gasteiger charge is -2.08. The van der Waals surface area contributed by atoms with Crippen LogP contribution in [0.15, 0.2) is 52.3 Å². The number of ether oxygens (including phenoxy) is 2. The minimum Gasteiger partial charge on any atom is -0.497 e. The van der Waals surface area contributed by atoms with Crippen LogP contribution in [0.3, 0.4) is 0 Å². The number of carbonyl (C=O) groups excluding carboxylic acids is 1. The molecular weight excluding hydrogens is 286 g/mol. The Bertz CT molecular complexity index is 626. The average Bonchev–Trinajstić information content (AvgIpc) is 2.50. The molecule has 110 valence electrons. The standard InChI is InChI=1S/C16H17NO3S/c1-3-20-16(18)11-4-7-13(8-5-11)21-15-9-6-12(19-2)10-14(15)17/h4-10H,3,17H2,1-2H3. The molecule has 0 aliphatic carbocycles. The molecule has 0 unspecified atom stereocenters. The Kier molecular flexibility index (Phi) is 5.11. The van der Waals surface area contributed by atoms with Crippen molar-refractivity contribution in [2.45, 2.75) is 16.7 Å². The first-order valence-electron chi connectivity index (χ1n) is 6.52. The second-order valence-corrected chi connectivity index (χ2v) is 5.37. The van der Waals surface area contributed by atoms with Gasteiger partial charge in [0, 0.05) is 21.5 Å². The van der Waals surface area contributed by atoms with Gasteiger partial charge in [-0.15, -0.1) is 0 Å². The van der Waals surface area contributed by atoms with Crippen LogP contribution in [0.1, 0.15) is 17.3 Å². The predicted octanol–water partition coefficient (Wildman–Crippen LogP) is 3.61. The smallest absolute Gasteiger partial charge is 0.338 e. The molecule has 0 atom stereocenters. The number of nitrogens with two attached hydrogens (primary N) is 1. The van der Waals surface area contributed by atoms with Gasteiger partial charge in [0.25, 0.3) is 0 Å². The molecule has 0 amide bonds. The van der Waals surface area contributed by atoms with E-state index < -0.39 is 0 Å². The van der Waals surface area contributed by atoms with Crippen LogP contribution in [0, 0.1) is 0 Å². The maximum atomic E-state index is 11.6. The summed E-state index contributed by atoms with van der Waals surface area (Å²) in [6.07, 6.45) is 0. The molecule has 0 heterocycles. The fraction of sp³-hybridized carbons (Fsp3) is 0.188. The zero-order chi connectivity index (χ0) is 15.2. The summed E-state index contributed by atoms with van der Waals surface area (Å²) in [6.45, 7) is 2.16. The van der Waals surface area contributed by atoms with Gasteiger partial charge in [-0.1, -0.05) is 11.8 Å². The third kappa shape index (κ3) is 3.92. The molecule has 2 N–H and O–H groups in total. The molecule has 2 aromatic carbocycles. The maximum absolute atomic E-state index is 11.6. The van der Waals surface area contributed by atoms with Crippen molar-refractivity contribution in [3.63, 3.8) is 0 Å². The topological polar surface area (TPSA) is 61.5 Å². The van der Waals surface area contributed by atoms with Crippen LogP contribution in [0.5, 0.6) is 5.75 Å². The monoisotopic (exact) mass is 303 g/mol. The number of esters is 1. The third-order valence-electron chi connectivity index (χ3n) is 2.81. The molecule has 0 saturated heterocycles. The molecule has 0 bridgehead atoms. The number of carbonyl (C=O) groups is 1. The number of nitrogen functional groups attached to an aromatic ring is 1. The van der Waals surface area contributed by atoms with E-state index in [0.717, 1.165) is 15.5 Å². The molecule has 0 spiro atoms. The van der Waals surface area contributed by atoms with Gasteiger partial charge in [0.05, 0.1) is 19.3 Å². The van der Waals surface area contributed by atoms with Gasteiger partial charge < -0.3 is 15.2 Å². The van der Waals surface area contributed by atoms with E-state index in [9.17, 15) is 4.79 Å². The first-order chi connectivity index (χ1) is 10.1. The molecule has 2 rings (SSSR count). The normalized spacial score (nSPS) is 10.2. The van der Waals surface area contributed by atoms with Crippen molar-refractivity contribution in [3.8, 4) is 5.75 Å². The van der Waals surface area contributed by atoms with Crippen LogP contribution < -0.4 is 10.5 Å². The van der Waals surface area contributed by atoms with Crippen molar-refractivity contribution < 1.29 is 14.3 Å². The predicted molar refractivity (Wildman–Crippen MR) is 83.9 cm³/mol. The largest absolute Gasteiger partial charge is 0.497 e. The van der Waals surface area contributed by atoms with Crippen molar-refractivity contribution >= 4 is 23.4 Å². The van der Waals surface area contributed by atoms with Gasteiger partial charge in [-0.05, 0) is 43.3 Å². The van der Waals surface area contributed by atoms with E-state index in [4.69, 9.17) is 15.2 Å². The lowest BCUT2D eigenvalue weighted by atomic mass is 10.2. The SMILES string of the molecule is CCOC(=O)c1ccc(Sc2ccc(OC)cc2N)cc1. The highest BCUT2D eigenvalue weighted by Gasteiger charge is 2.07. The van der Waals surface area contributed by atoms with Gasteiger partial charge in [0.2, 0.25) is 0 Å². The fourth-order valence-corrected chi connectivity index (χ4v) is 2.59. The van der Waals surface area contributed by atoms with Gasteiger partial charge in [-0.25, -0.2) is 4.79 Å². The van der Waals surface area contributed by atoms with E-state index in [-0.39, 0.29) is 5.97 Å². The van der Waals surface area contributed by atoms with E-state index in [1.807, 2.05) is 24.3 Å². The van der Waals surface area contributed by atoms with Crippen LogP contribution in [-0.2, 0) is 4.74 Å². The van der Waals surface area contributed by atoms with Crippen molar-refractivity contribution in [1.29, 1.82) is 0 Å². The Balaban J connectivity index is 2.11. The lowest BCUT2D eigenvalue weighted by Crippen LogP contribution is -2.03. The van der Waals surface area contributed by atoms with Crippen LogP contribution in [0.25, 0.3) is 0 Å². The summed E-state index contributed by atoms with van der Waals surface area (Å²) in [4.78, 5) is 13.5. The number of methoxy groups -OCH3 is 1. The van der Waals surface area contributed by atoms with Gasteiger partial charge >= 0.3 is 5.97 Å². The number of hydrogen-bond donors (Lipinski definition) is 1. The van der Waals surface area contributed by atoms with E-state index >= 15 is 0 Å². The summed E-state index contributed by atoms with van der Waals surface area (Å²) in [6, 6.07) is 12.8. The Hall–Kier alpha value is -2.14. The van der Waals surface area contributed by atoms with Crippen LogP contribution >= 0.6 is 11.8 Å². The summed E-state index contributed by atoms with van der Waals surface area (Å²) in [5.41, 5.74) is 7.19. The second-order valence-electron chi connectivity index (χ2n) is 4.25. The number of rotatable bonds is 5. The molecule has 0 saturated carbocycles. The van der Waals surface area contributed by atoms with E-state index in [2.05, 4.69) is 0 Å². The lowest BCUT2D eigenvalue weighted by molar-refractivity contribution is 0.0526. The number of benzene rings is 2. The first kappa shape index (κ1) is 15.3. The van der Waals surface area contributed by atoms with Gasteiger partial charge in [0.1, 0.15) is 5.75 Å². The molecule has 5 heteroatoms. The molecule has 0 aromatic heterocycles. The second kappa shape index (κ2) is 7.04. The Morgan fingerprint density at radius 1 is 1.19 bits per heavy atom. The first-order valence-corrected chi connectivity index (χ1v) is 7.34. The molecule has 0 radical (unpaired) electrons. The van der Waals surface area contributed by atoms with Gasteiger partial charge in [-0.2, -0.15) is 0 Å². The van der Waals surface area contributed by atoms with Gasteiger partial charge in [-0.3, -0.25) is 0 Å². The Morgan fingerprint density at radius 3 is 2.48 bits per heavy atom. The summed E-state index contributed by atoms with van der Waals surface area (Å²) in [5.74, 6) is 0.424. The zero-order valence-corrected chi connectivity index (χ0v) is 12.8. The highest BCUT2D eigenvalue weighted by Crippen LogP contribution is 2.34. The molecule has 21 heavy (non-hydrogen) atoms. The molecule has 0 aliphatic rings. The average molecular weight is 303 g/mol. The fourth-order valence-electron chi connectivity index (χ4n) is 1.75. The number of hydrogen-bond acceptors (Lipinski definition) is 5. The van der Waals surface area contributed by atoms with Crippen LogP contribution in [-0.4, -0.2) is 19.7 Å². The highest BCUT2D eigenvalue weighted by molar-refractivity contribution is 7.99. The minimum atomic E-state index is -0.307. The van der Waals surface area contributed by atoms with Crippen LogP contribution in [0.2, 0.25) is 0 Å². The van der Waals surface area contributed by atoms with Crippen molar-refractivity contribution in [2.75, 3.05) is 19.5 Å². The molecule has 0 fully saturated rings. The van der Waals surface area contributed by atoms with E-state index in [0.29, 0.717) is 17.9 Å². The summed E-state index contributed by atoms with van der Waals surface area (Å²) >= 11 is 1.53.